The lowest BCUT2D eigenvalue weighted by Gasteiger charge is -2.11. The van der Waals surface area contributed by atoms with E-state index < -0.39 is 10.0 Å². The van der Waals surface area contributed by atoms with E-state index in [0.717, 1.165) is 12.3 Å². The number of ether oxygens (including phenoxy) is 1. The lowest BCUT2D eigenvalue weighted by molar-refractivity contribution is 0.118. The van der Waals surface area contributed by atoms with Gasteiger partial charge in [0.05, 0.1) is 11.5 Å². The SMILES string of the molecule is CC(C)COCCNc1ccc(S(=O)(=O)NC(C)C)cc1. The second-order valence-corrected chi connectivity index (χ2v) is 7.41. The van der Waals surface area contributed by atoms with Crippen LogP contribution in [0.1, 0.15) is 27.7 Å². The van der Waals surface area contributed by atoms with Gasteiger partial charge in [0.15, 0.2) is 0 Å². The highest BCUT2D eigenvalue weighted by Crippen LogP contribution is 2.14. The molecule has 0 saturated heterocycles. The van der Waals surface area contributed by atoms with Crippen molar-refractivity contribution in [1.82, 2.24) is 4.72 Å². The third-order valence-electron chi connectivity index (χ3n) is 2.58. The normalized spacial score (nSPS) is 12.1. The van der Waals surface area contributed by atoms with Gasteiger partial charge in [-0.15, -0.1) is 0 Å². The molecule has 0 spiro atoms. The summed E-state index contributed by atoms with van der Waals surface area (Å²) in [5.74, 6) is 0.531. The summed E-state index contributed by atoms with van der Waals surface area (Å²) in [6.45, 7) is 9.89. The van der Waals surface area contributed by atoms with E-state index in [1.165, 1.54) is 0 Å². The zero-order valence-electron chi connectivity index (χ0n) is 13.2. The molecule has 0 heterocycles. The number of benzene rings is 1. The van der Waals surface area contributed by atoms with Gasteiger partial charge in [0, 0.05) is 24.9 Å². The topological polar surface area (TPSA) is 67.4 Å². The van der Waals surface area contributed by atoms with Gasteiger partial charge in [0.2, 0.25) is 10.0 Å². The summed E-state index contributed by atoms with van der Waals surface area (Å²) in [6, 6.07) is 6.60. The van der Waals surface area contributed by atoms with Crippen molar-refractivity contribution >= 4 is 15.7 Å². The van der Waals surface area contributed by atoms with Gasteiger partial charge in [0.25, 0.3) is 0 Å². The molecular formula is C15H26N2O3S. The van der Waals surface area contributed by atoms with Gasteiger partial charge in [-0.1, -0.05) is 13.8 Å². The summed E-state index contributed by atoms with van der Waals surface area (Å²) >= 11 is 0. The van der Waals surface area contributed by atoms with Crippen LogP contribution in [-0.2, 0) is 14.8 Å². The van der Waals surface area contributed by atoms with Gasteiger partial charge in [-0.05, 0) is 44.0 Å². The summed E-state index contributed by atoms with van der Waals surface area (Å²) in [4.78, 5) is 0.276. The van der Waals surface area contributed by atoms with Gasteiger partial charge in [-0.3, -0.25) is 0 Å². The van der Waals surface area contributed by atoms with E-state index in [4.69, 9.17) is 4.74 Å². The van der Waals surface area contributed by atoms with Crippen molar-refractivity contribution in [2.24, 2.45) is 5.92 Å². The van der Waals surface area contributed by atoms with Crippen LogP contribution >= 0.6 is 0 Å². The Morgan fingerprint density at radius 3 is 2.24 bits per heavy atom. The summed E-state index contributed by atoms with van der Waals surface area (Å²) in [6.07, 6.45) is 0. The van der Waals surface area contributed by atoms with Crippen LogP contribution in [0.25, 0.3) is 0 Å². The fourth-order valence-electron chi connectivity index (χ4n) is 1.72. The molecule has 2 N–H and O–H groups in total. The zero-order valence-corrected chi connectivity index (χ0v) is 14.0. The predicted molar refractivity (Wildman–Crippen MR) is 86.0 cm³/mol. The molecule has 1 aromatic carbocycles. The zero-order chi connectivity index (χ0) is 15.9. The van der Waals surface area contributed by atoms with Crippen LogP contribution in [0.3, 0.4) is 0 Å². The standard InChI is InChI=1S/C15H26N2O3S/c1-12(2)11-20-10-9-16-14-5-7-15(8-6-14)21(18,19)17-13(3)4/h5-8,12-13,16-17H,9-11H2,1-4H3. The summed E-state index contributed by atoms with van der Waals surface area (Å²) in [5.41, 5.74) is 0.881. The first kappa shape index (κ1) is 17.9. The third kappa shape index (κ3) is 6.93. The average molecular weight is 314 g/mol. The van der Waals surface area contributed by atoms with Crippen molar-refractivity contribution in [1.29, 1.82) is 0 Å². The molecule has 0 aliphatic rings. The number of sulfonamides is 1. The fourth-order valence-corrected chi connectivity index (χ4v) is 2.97. The van der Waals surface area contributed by atoms with Crippen LogP contribution in [-0.4, -0.2) is 34.2 Å². The molecule has 0 aliphatic carbocycles. The molecule has 0 amide bonds. The van der Waals surface area contributed by atoms with Crippen LogP contribution in [0, 0.1) is 5.92 Å². The maximum atomic E-state index is 12.0. The number of rotatable bonds is 9. The maximum absolute atomic E-state index is 12.0. The van der Waals surface area contributed by atoms with Gasteiger partial charge < -0.3 is 10.1 Å². The molecule has 0 radical (unpaired) electrons. The highest BCUT2D eigenvalue weighted by atomic mass is 32.2. The molecule has 0 atom stereocenters. The quantitative estimate of drug-likeness (QED) is 0.687. The molecule has 1 rings (SSSR count). The lowest BCUT2D eigenvalue weighted by atomic mass is 10.2. The Kier molecular flexibility index (Phi) is 7.14. The number of nitrogens with one attached hydrogen (secondary N) is 2. The smallest absolute Gasteiger partial charge is 0.240 e. The summed E-state index contributed by atoms with van der Waals surface area (Å²) in [5, 5.41) is 3.20. The van der Waals surface area contributed by atoms with E-state index in [1.54, 1.807) is 38.1 Å². The minimum atomic E-state index is -3.42. The van der Waals surface area contributed by atoms with Crippen molar-refractivity contribution in [2.45, 2.75) is 38.6 Å². The molecule has 0 saturated carbocycles. The van der Waals surface area contributed by atoms with Crippen LogP contribution in [0.5, 0.6) is 0 Å². The Morgan fingerprint density at radius 1 is 1.10 bits per heavy atom. The van der Waals surface area contributed by atoms with Crippen molar-refractivity contribution in [3.63, 3.8) is 0 Å². The first-order chi connectivity index (χ1) is 9.81. The molecule has 6 heteroatoms. The van der Waals surface area contributed by atoms with E-state index in [9.17, 15) is 8.42 Å². The molecular weight excluding hydrogens is 288 g/mol. The van der Waals surface area contributed by atoms with E-state index in [1.807, 2.05) is 0 Å². The largest absolute Gasteiger partial charge is 0.383 e. The van der Waals surface area contributed by atoms with E-state index >= 15 is 0 Å². The molecule has 5 nitrogen and oxygen atoms in total. The molecule has 0 bridgehead atoms. The van der Waals surface area contributed by atoms with Crippen molar-refractivity contribution < 1.29 is 13.2 Å². The molecule has 0 aromatic heterocycles. The van der Waals surface area contributed by atoms with Gasteiger partial charge in [-0.2, -0.15) is 0 Å². The highest BCUT2D eigenvalue weighted by molar-refractivity contribution is 7.89. The van der Waals surface area contributed by atoms with Crippen LogP contribution in [0.4, 0.5) is 5.69 Å². The summed E-state index contributed by atoms with van der Waals surface area (Å²) < 4.78 is 32.0. The Labute approximate surface area is 128 Å². The van der Waals surface area contributed by atoms with Crippen LogP contribution in [0.15, 0.2) is 29.2 Å². The Morgan fingerprint density at radius 2 is 1.71 bits per heavy atom. The molecule has 0 aliphatic heterocycles. The molecule has 120 valence electrons. The van der Waals surface area contributed by atoms with Gasteiger partial charge in [-0.25, -0.2) is 13.1 Å². The average Bonchev–Trinajstić information content (AvgIpc) is 2.37. The van der Waals surface area contributed by atoms with Gasteiger partial charge in [0.1, 0.15) is 0 Å². The minimum absolute atomic E-state index is 0.120. The van der Waals surface area contributed by atoms with Crippen LogP contribution in [0.2, 0.25) is 0 Å². The molecule has 0 fully saturated rings. The highest BCUT2D eigenvalue weighted by Gasteiger charge is 2.14. The molecule has 1 aromatic rings. The number of hydrogen-bond acceptors (Lipinski definition) is 4. The Hall–Kier alpha value is -1.11. The van der Waals surface area contributed by atoms with E-state index in [2.05, 4.69) is 23.9 Å². The number of hydrogen-bond donors (Lipinski definition) is 2. The lowest BCUT2D eigenvalue weighted by Crippen LogP contribution is -2.30. The Balaban J connectivity index is 2.47. The third-order valence-corrected chi connectivity index (χ3v) is 4.26. The van der Waals surface area contributed by atoms with Crippen molar-refractivity contribution in [3.05, 3.63) is 24.3 Å². The van der Waals surface area contributed by atoms with E-state index in [-0.39, 0.29) is 10.9 Å². The van der Waals surface area contributed by atoms with Crippen molar-refractivity contribution in [3.8, 4) is 0 Å². The van der Waals surface area contributed by atoms with E-state index in [0.29, 0.717) is 19.1 Å². The Bertz CT molecular complexity index is 510. The number of anilines is 1. The minimum Gasteiger partial charge on any atom is -0.383 e. The van der Waals surface area contributed by atoms with Gasteiger partial charge >= 0.3 is 0 Å². The maximum Gasteiger partial charge on any atom is 0.240 e. The fraction of sp³-hybridized carbons (Fsp3) is 0.600. The second-order valence-electron chi connectivity index (χ2n) is 5.70. The summed E-state index contributed by atoms with van der Waals surface area (Å²) in [7, 11) is -3.42. The van der Waals surface area contributed by atoms with Crippen molar-refractivity contribution in [2.75, 3.05) is 25.1 Å². The first-order valence-electron chi connectivity index (χ1n) is 7.25. The van der Waals surface area contributed by atoms with Crippen LogP contribution < -0.4 is 10.0 Å². The molecule has 0 unspecified atom stereocenters. The predicted octanol–water partition coefficient (Wildman–Crippen LogP) is 2.46. The molecule has 21 heavy (non-hydrogen) atoms. The monoisotopic (exact) mass is 314 g/mol. The second kappa shape index (κ2) is 8.36. The first-order valence-corrected chi connectivity index (χ1v) is 8.73.